The molecule has 0 bridgehead atoms. The summed E-state index contributed by atoms with van der Waals surface area (Å²) >= 11 is 3.08. The van der Waals surface area contributed by atoms with E-state index in [1.807, 2.05) is 0 Å². The number of rotatable bonds is 6. The third kappa shape index (κ3) is 4.87. The van der Waals surface area contributed by atoms with Gasteiger partial charge >= 0.3 is 5.69 Å². The van der Waals surface area contributed by atoms with Crippen molar-refractivity contribution in [3.63, 3.8) is 0 Å². The molecule has 0 saturated heterocycles. The molecule has 0 aliphatic heterocycles. The first-order valence-corrected chi connectivity index (χ1v) is 6.37. The van der Waals surface area contributed by atoms with Crippen molar-refractivity contribution in [3.8, 4) is 0 Å². The second-order valence-corrected chi connectivity index (χ2v) is 5.08. The third-order valence-corrected chi connectivity index (χ3v) is 2.85. The molecule has 0 unspecified atom stereocenters. The SMILES string of the molecule is CC(C)CCOCCn1cc(Br)c(=O)[nH]c1=O. The summed E-state index contributed by atoms with van der Waals surface area (Å²) in [7, 11) is 0. The van der Waals surface area contributed by atoms with Gasteiger partial charge in [0.25, 0.3) is 5.56 Å². The Kier molecular flexibility index (Phi) is 5.64. The lowest BCUT2D eigenvalue weighted by Crippen LogP contribution is -2.31. The van der Waals surface area contributed by atoms with Gasteiger partial charge in [0.2, 0.25) is 0 Å². The van der Waals surface area contributed by atoms with Crippen molar-refractivity contribution in [1.29, 1.82) is 0 Å². The van der Waals surface area contributed by atoms with Crippen LogP contribution in [0.4, 0.5) is 0 Å². The Balaban J connectivity index is 2.45. The maximum atomic E-state index is 11.4. The molecule has 1 N–H and O–H groups in total. The van der Waals surface area contributed by atoms with E-state index in [-0.39, 0.29) is 0 Å². The molecule has 0 fully saturated rings. The Morgan fingerprint density at radius 3 is 2.76 bits per heavy atom. The van der Waals surface area contributed by atoms with Gasteiger partial charge in [0.15, 0.2) is 0 Å². The van der Waals surface area contributed by atoms with Crippen LogP contribution in [0.5, 0.6) is 0 Å². The largest absolute Gasteiger partial charge is 0.380 e. The van der Waals surface area contributed by atoms with Crippen LogP contribution in [0.1, 0.15) is 20.3 Å². The number of aromatic nitrogens is 2. The lowest BCUT2D eigenvalue weighted by atomic mass is 10.1. The molecule has 1 aromatic rings. The summed E-state index contributed by atoms with van der Waals surface area (Å²) in [4.78, 5) is 24.7. The molecule has 0 radical (unpaired) electrons. The molecule has 0 amide bonds. The summed E-state index contributed by atoms with van der Waals surface area (Å²) in [6.45, 7) is 5.86. The van der Waals surface area contributed by atoms with Crippen LogP contribution >= 0.6 is 15.9 Å². The first-order valence-electron chi connectivity index (χ1n) is 5.57. The number of nitrogens with one attached hydrogen (secondary N) is 1. The standard InChI is InChI=1S/C11H17BrN2O3/c1-8(2)3-5-17-6-4-14-7-9(12)10(15)13-11(14)16/h7-8H,3-6H2,1-2H3,(H,13,15,16). The number of halogens is 1. The van der Waals surface area contributed by atoms with Gasteiger partial charge < -0.3 is 4.74 Å². The molecule has 0 saturated carbocycles. The van der Waals surface area contributed by atoms with Crippen molar-refractivity contribution in [3.05, 3.63) is 31.5 Å². The zero-order chi connectivity index (χ0) is 12.8. The quantitative estimate of drug-likeness (QED) is 0.807. The maximum absolute atomic E-state index is 11.4. The highest BCUT2D eigenvalue weighted by Gasteiger charge is 2.01. The highest BCUT2D eigenvalue weighted by atomic mass is 79.9. The first kappa shape index (κ1) is 14.2. The average molecular weight is 305 g/mol. The minimum Gasteiger partial charge on any atom is -0.380 e. The molecule has 1 rings (SSSR count). The Bertz CT molecular complexity index is 465. The molecular weight excluding hydrogens is 288 g/mol. The fourth-order valence-electron chi connectivity index (χ4n) is 1.23. The van der Waals surface area contributed by atoms with Crippen LogP contribution in [0, 0.1) is 5.92 Å². The Hall–Kier alpha value is -0.880. The van der Waals surface area contributed by atoms with E-state index in [4.69, 9.17) is 4.74 Å². The average Bonchev–Trinajstić information content (AvgIpc) is 2.24. The minimum absolute atomic E-state index is 0.347. The molecule has 0 aliphatic carbocycles. The fourth-order valence-corrected chi connectivity index (χ4v) is 1.58. The lowest BCUT2D eigenvalue weighted by molar-refractivity contribution is 0.115. The first-order chi connectivity index (χ1) is 8.00. The molecule has 1 aromatic heterocycles. The normalized spacial score (nSPS) is 11.1. The molecule has 0 spiro atoms. The molecule has 0 atom stereocenters. The summed E-state index contributed by atoms with van der Waals surface area (Å²) in [6.07, 6.45) is 2.48. The number of hydrogen-bond acceptors (Lipinski definition) is 3. The molecule has 6 heteroatoms. The Morgan fingerprint density at radius 2 is 2.12 bits per heavy atom. The predicted molar refractivity (Wildman–Crippen MR) is 69.3 cm³/mol. The second kappa shape index (κ2) is 6.76. The van der Waals surface area contributed by atoms with E-state index >= 15 is 0 Å². The van der Waals surface area contributed by atoms with Gasteiger partial charge in [-0.25, -0.2) is 4.79 Å². The molecule has 0 aromatic carbocycles. The van der Waals surface area contributed by atoms with Gasteiger partial charge in [0.1, 0.15) is 0 Å². The Labute approximate surface area is 108 Å². The number of H-pyrrole nitrogens is 1. The number of hydrogen-bond donors (Lipinski definition) is 1. The summed E-state index contributed by atoms with van der Waals surface area (Å²) in [5.41, 5.74) is -0.822. The Morgan fingerprint density at radius 1 is 1.41 bits per heavy atom. The maximum Gasteiger partial charge on any atom is 0.328 e. The molecule has 96 valence electrons. The van der Waals surface area contributed by atoms with Crippen molar-refractivity contribution in [1.82, 2.24) is 9.55 Å². The highest BCUT2D eigenvalue weighted by molar-refractivity contribution is 9.10. The molecule has 1 heterocycles. The van der Waals surface area contributed by atoms with Gasteiger partial charge in [0, 0.05) is 12.8 Å². The summed E-state index contributed by atoms with van der Waals surface area (Å²) < 4.78 is 7.17. The van der Waals surface area contributed by atoms with Crippen molar-refractivity contribution >= 4 is 15.9 Å². The fraction of sp³-hybridized carbons (Fsp3) is 0.636. The highest BCUT2D eigenvalue weighted by Crippen LogP contribution is 2.00. The van der Waals surface area contributed by atoms with E-state index < -0.39 is 11.2 Å². The molecule has 17 heavy (non-hydrogen) atoms. The smallest absolute Gasteiger partial charge is 0.328 e. The van der Waals surface area contributed by atoms with Crippen molar-refractivity contribution in [2.75, 3.05) is 13.2 Å². The van der Waals surface area contributed by atoms with Gasteiger partial charge in [-0.05, 0) is 28.3 Å². The summed E-state index contributed by atoms with van der Waals surface area (Å²) in [5.74, 6) is 0.611. The number of aromatic amines is 1. The minimum atomic E-state index is -0.411. The van der Waals surface area contributed by atoms with Gasteiger partial charge in [-0.1, -0.05) is 13.8 Å². The van der Waals surface area contributed by atoms with Crippen LogP contribution < -0.4 is 11.2 Å². The monoisotopic (exact) mass is 304 g/mol. The number of ether oxygens (including phenoxy) is 1. The van der Waals surface area contributed by atoms with Gasteiger partial charge in [-0.15, -0.1) is 0 Å². The third-order valence-electron chi connectivity index (χ3n) is 2.28. The predicted octanol–water partition coefficient (Wildman–Crippen LogP) is 1.36. The molecular formula is C11H17BrN2O3. The van der Waals surface area contributed by atoms with Crippen molar-refractivity contribution in [2.24, 2.45) is 5.92 Å². The number of nitrogens with zero attached hydrogens (tertiary/aromatic N) is 1. The lowest BCUT2D eigenvalue weighted by Gasteiger charge is -2.08. The summed E-state index contributed by atoms with van der Waals surface area (Å²) in [5, 5.41) is 0. The van der Waals surface area contributed by atoms with E-state index in [9.17, 15) is 9.59 Å². The van der Waals surface area contributed by atoms with Gasteiger partial charge in [-0.3, -0.25) is 14.3 Å². The van der Waals surface area contributed by atoms with E-state index in [0.717, 1.165) is 6.42 Å². The topological polar surface area (TPSA) is 64.1 Å². The van der Waals surface area contributed by atoms with Crippen LogP contribution in [-0.4, -0.2) is 22.8 Å². The molecule has 5 nitrogen and oxygen atoms in total. The van der Waals surface area contributed by atoms with Crippen LogP contribution in [0.25, 0.3) is 0 Å². The van der Waals surface area contributed by atoms with Crippen LogP contribution in [-0.2, 0) is 11.3 Å². The van der Waals surface area contributed by atoms with Gasteiger partial charge in [0.05, 0.1) is 17.6 Å². The molecule has 0 aliphatic rings. The van der Waals surface area contributed by atoms with E-state index in [0.29, 0.717) is 30.1 Å². The van der Waals surface area contributed by atoms with Crippen molar-refractivity contribution < 1.29 is 4.74 Å². The van der Waals surface area contributed by atoms with Gasteiger partial charge in [-0.2, -0.15) is 0 Å². The van der Waals surface area contributed by atoms with E-state index in [1.54, 1.807) is 0 Å². The zero-order valence-electron chi connectivity index (χ0n) is 10.0. The zero-order valence-corrected chi connectivity index (χ0v) is 11.6. The van der Waals surface area contributed by atoms with E-state index in [2.05, 4.69) is 34.8 Å². The van der Waals surface area contributed by atoms with Crippen molar-refractivity contribution in [2.45, 2.75) is 26.8 Å². The van der Waals surface area contributed by atoms with Crippen LogP contribution in [0.15, 0.2) is 20.3 Å². The summed E-state index contributed by atoms with van der Waals surface area (Å²) in [6, 6.07) is 0. The van der Waals surface area contributed by atoms with E-state index in [1.165, 1.54) is 10.8 Å². The van der Waals surface area contributed by atoms with Crippen LogP contribution in [0.2, 0.25) is 0 Å². The second-order valence-electron chi connectivity index (χ2n) is 4.22. The van der Waals surface area contributed by atoms with Crippen LogP contribution in [0.3, 0.4) is 0 Å².